The number of thiazole rings is 1. The van der Waals surface area contributed by atoms with Crippen LogP contribution in [-0.4, -0.2) is 41.8 Å². The van der Waals surface area contributed by atoms with E-state index < -0.39 is 27.4 Å². The van der Waals surface area contributed by atoms with Crippen LogP contribution in [-0.2, 0) is 10.0 Å². The Bertz CT molecular complexity index is 1350. The van der Waals surface area contributed by atoms with Crippen molar-refractivity contribution < 1.29 is 27.4 Å². The van der Waals surface area contributed by atoms with Gasteiger partial charge in [-0.15, -0.1) is 16.4 Å². The molecule has 1 aliphatic rings. The number of nitrogens with zero attached hydrogens (tertiary/aromatic N) is 3. The number of halogens is 1. The van der Waals surface area contributed by atoms with Crippen molar-refractivity contribution in [1.29, 1.82) is 0 Å². The lowest BCUT2D eigenvalue weighted by Crippen LogP contribution is -2.20. The van der Waals surface area contributed by atoms with E-state index in [1.807, 2.05) is 6.07 Å². The van der Waals surface area contributed by atoms with Gasteiger partial charge in [0.05, 0.1) is 24.1 Å². The molecule has 1 aliphatic carbocycles. The average Bonchev–Trinajstić information content (AvgIpc) is 3.30. The van der Waals surface area contributed by atoms with Crippen LogP contribution in [0, 0.1) is 11.2 Å². The van der Waals surface area contributed by atoms with Crippen molar-refractivity contribution in [1.82, 2.24) is 15.2 Å². The number of nitrogens with one attached hydrogen (secondary N) is 1. The van der Waals surface area contributed by atoms with Crippen LogP contribution in [0.3, 0.4) is 0 Å². The normalized spacial score (nSPS) is 16.1. The molecule has 2 N–H and O–H groups in total. The summed E-state index contributed by atoms with van der Waals surface area (Å²) in [5, 5.41) is 19.1. The summed E-state index contributed by atoms with van der Waals surface area (Å²) < 4.78 is 47.1. The monoisotopic (exact) mass is 520 g/mol. The van der Waals surface area contributed by atoms with Gasteiger partial charge in [-0.25, -0.2) is 14.2 Å². The summed E-state index contributed by atoms with van der Waals surface area (Å²) in [6.07, 6.45) is 4.39. The number of methoxy groups -OCH3 is 1. The van der Waals surface area contributed by atoms with Crippen LogP contribution in [0.1, 0.15) is 61.5 Å². The summed E-state index contributed by atoms with van der Waals surface area (Å²) in [5.74, 6) is -2.38. The van der Waals surface area contributed by atoms with Crippen molar-refractivity contribution in [3.63, 3.8) is 0 Å². The van der Waals surface area contributed by atoms with E-state index in [1.165, 1.54) is 12.5 Å². The Hall–Kier alpha value is -3.12. The third-order valence-electron chi connectivity index (χ3n) is 6.18. The molecule has 0 amide bonds. The van der Waals surface area contributed by atoms with Crippen molar-refractivity contribution in [2.75, 3.05) is 11.8 Å². The van der Waals surface area contributed by atoms with Crippen molar-refractivity contribution in [3.8, 4) is 16.5 Å². The fourth-order valence-corrected chi connectivity index (χ4v) is 6.15. The van der Waals surface area contributed by atoms with Gasteiger partial charge in [0, 0.05) is 17.4 Å². The van der Waals surface area contributed by atoms with Gasteiger partial charge in [-0.2, -0.15) is 13.5 Å². The van der Waals surface area contributed by atoms with Crippen molar-refractivity contribution in [2.24, 2.45) is 5.41 Å². The summed E-state index contributed by atoms with van der Waals surface area (Å²) in [5.41, 5.74) is 0.846. The van der Waals surface area contributed by atoms with Crippen LogP contribution in [0.2, 0.25) is 0 Å². The highest BCUT2D eigenvalue weighted by molar-refractivity contribution is 7.92. The zero-order valence-corrected chi connectivity index (χ0v) is 21.0. The third kappa shape index (κ3) is 5.43. The standard InChI is InChI=1S/C23H25FN4O5S2/c1-23(2)8-6-13(7-9-23)16-4-5-17(27-26-16)21-25-20(12-34-21)35(31,32)28-18-11-15(24)14(22(29)30)10-19(18)33-3/h4-5,10-13,28H,6-9H2,1-3H3,(H,29,30). The molecule has 1 saturated carbocycles. The highest BCUT2D eigenvalue weighted by Gasteiger charge is 2.29. The van der Waals surface area contributed by atoms with E-state index in [-0.39, 0.29) is 16.5 Å². The molecule has 1 aromatic carbocycles. The second-order valence-electron chi connectivity index (χ2n) is 9.22. The maximum absolute atomic E-state index is 14.1. The lowest BCUT2D eigenvalue weighted by Gasteiger charge is -2.33. The number of ether oxygens (including phenoxy) is 1. The maximum atomic E-state index is 14.1. The molecule has 0 aliphatic heterocycles. The predicted molar refractivity (Wildman–Crippen MR) is 129 cm³/mol. The molecule has 0 unspecified atom stereocenters. The highest BCUT2D eigenvalue weighted by atomic mass is 32.2. The highest BCUT2D eigenvalue weighted by Crippen LogP contribution is 2.42. The first-order valence-electron chi connectivity index (χ1n) is 10.9. The maximum Gasteiger partial charge on any atom is 0.338 e. The van der Waals surface area contributed by atoms with Crippen LogP contribution in [0.25, 0.3) is 10.7 Å². The van der Waals surface area contributed by atoms with Crippen LogP contribution in [0.15, 0.2) is 34.7 Å². The number of sulfonamides is 1. The summed E-state index contributed by atoms with van der Waals surface area (Å²) >= 11 is 1.08. The Morgan fingerprint density at radius 3 is 2.54 bits per heavy atom. The summed E-state index contributed by atoms with van der Waals surface area (Å²) in [4.78, 5) is 15.3. The molecule has 0 spiro atoms. The largest absolute Gasteiger partial charge is 0.495 e. The number of hydrogen-bond donors (Lipinski definition) is 2. The molecule has 0 radical (unpaired) electrons. The second kappa shape index (κ2) is 9.50. The SMILES string of the molecule is COc1cc(C(=O)O)c(F)cc1NS(=O)(=O)c1csc(-c2ccc(C3CCC(C)(C)CC3)nn2)n1. The van der Waals surface area contributed by atoms with Gasteiger partial charge in [0.25, 0.3) is 10.0 Å². The Morgan fingerprint density at radius 1 is 1.23 bits per heavy atom. The van der Waals surface area contributed by atoms with Crippen LogP contribution in [0.5, 0.6) is 5.75 Å². The number of anilines is 1. The van der Waals surface area contributed by atoms with E-state index in [4.69, 9.17) is 9.84 Å². The molecule has 4 rings (SSSR count). The van der Waals surface area contributed by atoms with Gasteiger partial charge in [0.1, 0.15) is 22.3 Å². The van der Waals surface area contributed by atoms with Gasteiger partial charge in [-0.05, 0) is 49.3 Å². The summed E-state index contributed by atoms with van der Waals surface area (Å²) in [6, 6.07) is 5.36. The number of rotatable bonds is 7. The zero-order chi connectivity index (χ0) is 25.4. The van der Waals surface area contributed by atoms with Crippen LogP contribution in [0.4, 0.5) is 10.1 Å². The van der Waals surface area contributed by atoms with E-state index >= 15 is 0 Å². The summed E-state index contributed by atoms with van der Waals surface area (Å²) in [6.45, 7) is 4.55. The van der Waals surface area contributed by atoms with Gasteiger partial charge < -0.3 is 9.84 Å². The third-order valence-corrected chi connectivity index (χ3v) is 8.45. The molecule has 9 nitrogen and oxygen atoms in total. The lowest BCUT2D eigenvalue weighted by atomic mass is 9.72. The molecule has 0 bridgehead atoms. The van der Waals surface area contributed by atoms with E-state index in [1.54, 1.807) is 6.07 Å². The zero-order valence-electron chi connectivity index (χ0n) is 19.4. The minimum atomic E-state index is -4.21. The number of aromatic carboxylic acids is 1. The molecule has 2 aromatic heterocycles. The van der Waals surface area contributed by atoms with E-state index in [2.05, 4.69) is 33.8 Å². The topological polar surface area (TPSA) is 131 Å². The van der Waals surface area contributed by atoms with Crippen molar-refractivity contribution >= 4 is 33.0 Å². The minimum Gasteiger partial charge on any atom is -0.495 e. The van der Waals surface area contributed by atoms with Gasteiger partial charge in [-0.1, -0.05) is 13.8 Å². The van der Waals surface area contributed by atoms with Gasteiger partial charge in [0.15, 0.2) is 5.03 Å². The van der Waals surface area contributed by atoms with Gasteiger partial charge >= 0.3 is 5.97 Å². The Morgan fingerprint density at radius 2 is 1.94 bits per heavy atom. The van der Waals surface area contributed by atoms with E-state index in [0.717, 1.165) is 54.8 Å². The van der Waals surface area contributed by atoms with Crippen LogP contribution >= 0.6 is 11.3 Å². The molecule has 12 heteroatoms. The van der Waals surface area contributed by atoms with Gasteiger partial charge in [0.2, 0.25) is 0 Å². The fourth-order valence-electron chi connectivity index (χ4n) is 4.03. The smallest absolute Gasteiger partial charge is 0.338 e. The number of hydrogen-bond acceptors (Lipinski definition) is 8. The number of carboxylic acid groups (broad SMARTS) is 1. The van der Waals surface area contributed by atoms with E-state index in [0.29, 0.717) is 22.0 Å². The minimum absolute atomic E-state index is 0.143. The predicted octanol–water partition coefficient (Wildman–Crippen LogP) is 4.93. The summed E-state index contributed by atoms with van der Waals surface area (Å²) in [7, 11) is -3.00. The lowest BCUT2D eigenvalue weighted by molar-refractivity contribution is 0.0691. The Labute approximate surface area is 206 Å². The molecular formula is C23H25FN4O5S2. The van der Waals surface area contributed by atoms with Crippen molar-refractivity contribution in [3.05, 3.63) is 46.7 Å². The first-order chi connectivity index (χ1) is 16.5. The molecule has 0 saturated heterocycles. The van der Waals surface area contributed by atoms with Gasteiger partial charge in [-0.3, -0.25) is 4.72 Å². The molecule has 2 heterocycles. The number of aromatic nitrogens is 3. The number of benzene rings is 1. The molecule has 35 heavy (non-hydrogen) atoms. The molecule has 186 valence electrons. The quantitative estimate of drug-likeness (QED) is 0.448. The first kappa shape index (κ1) is 25.0. The molecule has 3 aromatic rings. The average molecular weight is 521 g/mol. The molecule has 1 fully saturated rings. The Kier molecular flexibility index (Phi) is 6.78. The van der Waals surface area contributed by atoms with E-state index in [9.17, 15) is 17.6 Å². The number of carboxylic acids is 1. The van der Waals surface area contributed by atoms with Crippen molar-refractivity contribution in [2.45, 2.75) is 50.5 Å². The van der Waals surface area contributed by atoms with Crippen LogP contribution < -0.4 is 9.46 Å². The molecular weight excluding hydrogens is 495 g/mol. The first-order valence-corrected chi connectivity index (χ1v) is 13.3. The molecule has 0 atom stereocenters. The second-order valence-corrected chi connectivity index (χ2v) is 11.7. The Balaban J connectivity index is 1.52. The fraction of sp³-hybridized carbons (Fsp3) is 0.391. The number of carbonyl (C=O) groups is 1.